The molecule has 2 fully saturated rings. The van der Waals surface area contributed by atoms with Crippen LogP contribution in [0.25, 0.3) is 0 Å². The summed E-state index contributed by atoms with van der Waals surface area (Å²) in [5.74, 6) is 2.49. The summed E-state index contributed by atoms with van der Waals surface area (Å²) in [4.78, 5) is 0. The van der Waals surface area contributed by atoms with Crippen LogP contribution in [0, 0.1) is 17.3 Å². The van der Waals surface area contributed by atoms with Gasteiger partial charge in [0.25, 0.3) is 0 Å². The molecule has 2 N–H and O–H groups in total. The van der Waals surface area contributed by atoms with E-state index >= 15 is 0 Å². The van der Waals surface area contributed by atoms with Crippen LogP contribution in [0.15, 0.2) is 12.1 Å². The maximum Gasteiger partial charge on any atom is 0.123 e. The number of benzene rings is 1. The van der Waals surface area contributed by atoms with Crippen LogP contribution in [0.4, 0.5) is 0 Å². The molecule has 1 aromatic rings. The van der Waals surface area contributed by atoms with Gasteiger partial charge in [0, 0.05) is 22.6 Å². The molecule has 0 bridgehead atoms. The van der Waals surface area contributed by atoms with Crippen molar-refractivity contribution in [3.05, 3.63) is 23.3 Å². The lowest BCUT2D eigenvalue weighted by Crippen LogP contribution is -2.57. The third kappa shape index (κ3) is 2.27. The Morgan fingerprint density at radius 2 is 1.88 bits per heavy atom. The molecule has 1 aromatic carbocycles. The Balaban J connectivity index is 1.83. The molecule has 1 saturated heterocycles. The van der Waals surface area contributed by atoms with E-state index in [4.69, 9.17) is 4.74 Å². The fraction of sp³-hybridized carbons (Fsp3) is 0.727. The molecule has 25 heavy (non-hydrogen) atoms. The molecule has 138 valence electrons. The van der Waals surface area contributed by atoms with Crippen LogP contribution >= 0.6 is 0 Å². The van der Waals surface area contributed by atoms with Crippen molar-refractivity contribution in [3.8, 4) is 11.5 Å². The minimum absolute atomic E-state index is 0.0807. The number of rotatable bonds is 1. The summed E-state index contributed by atoms with van der Waals surface area (Å²) in [6, 6.07) is 3.97. The molecule has 0 radical (unpaired) electrons. The normalized spacial score (nSPS) is 39.1. The molecule has 0 unspecified atom stereocenters. The first kappa shape index (κ1) is 17.2. The van der Waals surface area contributed by atoms with E-state index in [0.29, 0.717) is 23.0 Å². The molecule has 1 aliphatic heterocycles. The van der Waals surface area contributed by atoms with E-state index in [9.17, 15) is 5.11 Å². The second-order valence-electron chi connectivity index (χ2n) is 9.70. The molecule has 3 aliphatic rings. The zero-order chi connectivity index (χ0) is 18.0. The fourth-order valence-electron chi connectivity index (χ4n) is 7.03. The van der Waals surface area contributed by atoms with Gasteiger partial charge in [-0.3, -0.25) is 0 Å². The van der Waals surface area contributed by atoms with Gasteiger partial charge >= 0.3 is 0 Å². The van der Waals surface area contributed by atoms with Crippen LogP contribution in [-0.4, -0.2) is 24.3 Å². The SMILES string of the molecule is COc1cc(O)c2c(c1)C[C@H]1[C@]3(C)CCCNC(C)(C)[C@H]3CC[C@]21C. The largest absolute Gasteiger partial charge is 0.507 e. The Bertz CT molecular complexity index is 698. The lowest BCUT2D eigenvalue weighted by molar-refractivity contribution is -0.0421. The van der Waals surface area contributed by atoms with Gasteiger partial charge in [-0.2, -0.15) is 0 Å². The van der Waals surface area contributed by atoms with Gasteiger partial charge < -0.3 is 15.2 Å². The van der Waals surface area contributed by atoms with Crippen LogP contribution in [-0.2, 0) is 11.8 Å². The summed E-state index contributed by atoms with van der Waals surface area (Å²) in [5, 5.41) is 14.6. The van der Waals surface area contributed by atoms with Crippen molar-refractivity contribution < 1.29 is 9.84 Å². The van der Waals surface area contributed by atoms with Crippen molar-refractivity contribution in [1.29, 1.82) is 0 Å². The first-order chi connectivity index (χ1) is 11.7. The van der Waals surface area contributed by atoms with Crippen molar-refractivity contribution in [2.45, 2.75) is 70.8 Å². The molecule has 4 atom stereocenters. The van der Waals surface area contributed by atoms with Gasteiger partial charge in [0.05, 0.1) is 7.11 Å². The van der Waals surface area contributed by atoms with Crippen molar-refractivity contribution >= 4 is 0 Å². The molecular formula is C22H33NO2. The molecule has 3 heteroatoms. The Hall–Kier alpha value is -1.22. The van der Waals surface area contributed by atoms with Crippen molar-refractivity contribution in [2.75, 3.05) is 13.7 Å². The van der Waals surface area contributed by atoms with Gasteiger partial charge in [-0.15, -0.1) is 0 Å². The minimum atomic E-state index is 0.0807. The molecule has 2 aliphatic carbocycles. The summed E-state index contributed by atoms with van der Waals surface area (Å²) in [6.07, 6.45) is 5.99. The highest BCUT2D eigenvalue weighted by Crippen LogP contribution is 2.65. The molecule has 1 heterocycles. The predicted molar refractivity (Wildman–Crippen MR) is 101 cm³/mol. The van der Waals surface area contributed by atoms with Crippen LogP contribution in [0.3, 0.4) is 0 Å². The topological polar surface area (TPSA) is 41.5 Å². The lowest BCUT2D eigenvalue weighted by Gasteiger charge is -2.57. The Morgan fingerprint density at radius 3 is 2.60 bits per heavy atom. The predicted octanol–water partition coefficient (Wildman–Crippen LogP) is 4.41. The molecule has 0 aromatic heterocycles. The molecular weight excluding hydrogens is 310 g/mol. The number of aromatic hydroxyl groups is 1. The maximum absolute atomic E-state index is 10.8. The van der Waals surface area contributed by atoms with E-state index < -0.39 is 0 Å². The monoisotopic (exact) mass is 343 g/mol. The van der Waals surface area contributed by atoms with Gasteiger partial charge in [0.2, 0.25) is 0 Å². The number of phenols is 1. The summed E-state index contributed by atoms with van der Waals surface area (Å²) in [7, 11) is 1.68. The van der Waals surface area contributed by atoms with Crippen LogP contribution in [0.2, 0.25) is 0 Å². The van der Waals surface area contributed by atoms with Gasteiger partial charge in [0.1, 0.15) is 11.5 Å². The highest BCUT2D eigenvalue weighted by molar-refractivity contribution is 5.54. The van der Waals surface area contributed by atoms with E-state index in [0.717, 1.165) is 25.1 Å². The van der Waals surface area contributed by atoms with Crippen LogP contribution < -0.4 is 10.1 Å². The van der Waals surface area contributed by atoms with Crippen LogP contribution in [0.5, 0.6) is 11.5 Å². The number of hydrogen-bond donors (Lipinski definition) is 2. The van der Waals surface area contributed by atoms with Gasteiger partial charge in [-0.05, 0) is 81.4 Å². The van der Waals surface area contributed by atoms with E-state index in [1.165, 1.54) is 30.4 Å². The van der Waals surface area contributed by atoms with Gasteiger partial charge in [0.15, 0.2) is 0 Å². The quantitative estimate of drug-likeness (QED) is 0.794. The fourth-order valence-corrected chi connectivity index (χ4v) is 7.03. The van der Waals surface area contributed by atoms with Gasteiger partial charge in [-0.25, -0.2) is 0 Å². The second-order valence-corrected chi connectivity index (χ2v) is 9.70. The van der Waals surface area contributed by atoms with Gasteiger partial charge in [-0.1, -0.05) is 13.8 Å². The number of fused-ring (bicyclic) bond motifs is 5. The Labute approximate surface area is 152 Å². The lowest BCUT2D eigenvalue weighted by atomic mass is 9.48. The van der Waals surface area contributed by atoms with E-state index in [-0.39, 0.29) is 11.0 Å². The standard InChI is InChI=1S/C22H33NO2/c1-20(2)17-7-9-22(4)18(21(17,3)8-6-10-23-20)12-14-11-15(25-5)13-16(24)19(14)22/h11,13,17-18,23-24H,6-10,12H2,1-5H3/t17-,18+,21-,22+/m1/s1. The number of nitrogens with one attached hydrogen (secondary N) is 1. The third-order valence-electron chi connectivity index (χ3n) is 8.06. The number of hydrogen-bond acceptors (Lipinski definition) is 3. The number of methoxy groups -OCH3 is 1. The van der Waals surface area contributed by atoms with Crippen molar-refractivity contribution in [3.63, 3.8) is 0 Å². The highest BCUT2D eigenvalue weighted by atomic mass is 16.5. The summed E-state index contributed by atoms with van der Waals surface area (Å²) >= 11 is 0. The highest BCUT2D eigenvalue weighted by Gasteiger charge is 2.60. The zero-order valence-electron chi connectivity index (χ0n) is 16.4. The molecule has 3 nitrogen and oxygen atoms in total. The van der Waals surface area contributed by atoms with Crippen LogP contribution in [0.1, 0.15) is 64.5 Å². The van der Waals surface area contributed by atoms with Crippen molar-refractivity contribution in [2.24, 2.45) is 17.3 Å². The average Bonchev–Trinajstić information content (AvgIpc) is 2.79. The molecule has 4 rings (SSSR count). The second kappa shape index (κ2) is 5.39. The van der Waals surface area contributed by atoms with E-state index in [1.807, 2.05) is 0 Å². The molecule has 0 amide bonds. The average molecular weight is 344 g/mol. The maximum atomic E-state index is 10.8. The first-order valence-corrected chi connectivity index (χ1v) is 9.88. The summed E-state index contributed by atoms with van der Waals surface area (Å²) in [6.45, 7) is 10.9. The smallest absolute Gasteiger partial charge is 0.123 e. The third-order valence-corrected chi connectivity index (χ3v) is 8.06. The summed E-state index contributed by atoms with van der Waals surface area (Å²) in [5.41, 5.74) is 3.08. The van der Waals surface area contributed by atoms with E-state index in [2.05, 4.69) is 39.1 Å². The molecule has 1 saturated carbocycles. The minimum Gasteiger partial charge on any atom is -0.507 e. The zero-order valence-corrected chi connectivity index (χ0v) is 16.4. The Kier molecular flexibility index (Phi) is 3.71. The van der Waals surface area contributed by atoms with Crippen molar-refractivity contribution in [1.82, 2.24) is 5.32 Å². The van der Waals surface area contributed by atoms with E-state index in [1.54, 1.807) is 13.2 Å². The molecule has 0 spiro atoms. The number of ether oxygens (including phenoxy) is 1. The Morgan fingerprint density at radius 1 is 1.12 bits per heavy atom. The summed E-state index contributed by atoms with van der Waals surface area (Å²) < 4.78 is 5.42. The number of phenolic OH excluding ortho intramolecular Hbond substituents is 1. The first-order valence-electron chi connectivity index (χ1n) is 9.88.